The Morgan fingerprint density at radius 1 is 0.750 bits per heavy atom. The highest BCUT2D eigenvalue weighted by Gasteiger charge is 2.12. The van der Waals surface area contributed by atoms with Crippen LogP contribution in [-0.2, 0) is 0 Å². The zero-order valence-electron chi connectivity index (χ0n) is 15.9. The van der Waals surface area contributed by atoms with Crippen molar-refractivity contribution in [2.75, 3.05) is 23.8 Å². The van der Waals surface area contributed by atoms with Crippen molar-refractivity contribution in [2.24, 2.45) is 0 Å². The van der Waals surface area contributed by atoms with Crippen LogP contribution in [0.5, 0.6) is 11.5 Å². The van der Waals surface area contributed by atoms with E-state index in [1.54, 1.807) is 0 Å². The lowest BCUT2D eigenvalue weighted by molar-refractivity contribution is 0.102. The Kier molecular flexibility index (Phi) is 4.89. The Bertz CT molecular complexity index is 1010. The Labute approximate surface area is 164 Å². The summed E-state index contributed by atoms with van der Waals surface area (Å²) in [6, 6.07) is 19.1. The van der Waals surface area contributed by atoms with Crippen LogP contribution in [0.25, 0.3) is 0 Å². The number of carbonyl (C=O) groups is 1. The van der Waals surface area contributed by atoms with Crippen molar-refractivity contribution in [1.82, 2.24) is 0 Å². The summed E-state index contributed by atoms with van der Waals surface area (Å²) in [6.07, 6.45) is 0. The number of hydrogen-bond acceptors (Lipinski definition) is 4. The lowest BCUT2D eigenvalue weighted by Gasteiger charge is -2.19. The fraction of sp³-hybridized carbons (Fsp3) is 0.174. The maximum absolute atomic E-state index is 12.4. The molecule has 142 valence electrons. The van der Waals surface area contributed by atoms with Gasteiger partial charge in [0.1, 0.15) is 13.2 Å². The van der Waals surface area contributed by atoms with Gasteiger partial charge >= 0.3 is 0 Å². The molecule has 1 aliphatic heterocycles. The second-order valence-corrected chi connectivity index (χ2v) is 6.81. The van der Waals surface area contributed by atoms with Gasteiger partial charge in [0.25, 0.3) is 5.91 Å². The van der Waals surface area contributed by atoms with Crippen molar-refractivity contribution in [3.05, 3.63) is 77.4 Å². The van der Waals surface area contributed by atoms with E-state index in [2.05, 4.69) is 10.6 Å². The van der Waals surface area contributed by atoms with Gasteiger partial charge in [-0.2, -0.15) is 0 Å². The van der Waals surface area contributed by atoms with Crippen molar-refractivity contribution in [2.45, 2.75) is 13.8 Å². The number of nitrogens with one attached hydrogen (secondary N) is 2. The number of aryl methyl sites for hydroxylation is 2. The molecular formula is C23H22N2O3. The highest BCUT2D eigenvalue weighted by Crippen LogP contribution is 2.33. The van der Waals surface area contributed by atoms with E-state index in [4.69, 9.17) is 9.47 Å². The Morgan fingerprint density at radius 2 is 1.43 bits per heavy atom. The number of fused-ring (bicyclic) bond motifs is 1. The van der Waals surface area contributed by atoms with Crippen LogP contribution in [0, 0.1) is 13.8 Å². The van der Waals surface area contributed by atoms with Gasteiger partial charge in [0, 0.05) is 28.7 Å². The van der Waals surface area contributed by atoms with Gasteiger partial charge in [-0.1, -0.05) is 6.07 Å². The third kappa shape index (κ3) is 3.93. The first-order valence-corrected chi connectivity index (χ1v) is 9.24. The third-order valence-corrected chi connectivity index (χ3v) is 4.74. The van der Waals surface area contributed by atoms with Crippen LogP contribution in [0.3, 0.4) is 0 Å². The van der Waals surface area contributed by atoms with Crippen molar-refractivity contribution < 1.29 is 14.3 Å². The highest BCUT2D eigenvalue weighted by atomic mass is 16.6. The SMILES string of the molecule is Cc1ccc(C(=O)Nc2ccc(Nc3ccc4c(c3)OCCO4)cc2)cc1C. The largest absolute Gasteiger partial charge is 0.486 e. The average Bonchev–Trinajstić information content (AvgIpc) is 2.71. The zero-order chi connectivity index (χ0) is 19.5. The van der Waals surface area contributed by atoms with E-state index in [1.807, 2.05) is 74.5 Å². The number of amides is 1. The summed E-state index contributed by atoms with van der Waals surface area (Å²) in [5.41, 5.74) is 5.51. The van der Waals surface area contributed by atoms with Crippen LogP contribution >= 0.6 is 0 Å². The van der Waals surface area contributed by atoms with Crippen LogP contribution in [0.2, 0.25) is 0 Å². The summed E-state index contributed by atoms with van der Waals surface area (Å²) in [7, 11) is 0. The molecule has 0 fully saturated rings. The zero-order valence-corrected chi connectivity index (χ0v) is 15.9. The molecule has 4 rings (SSSR count). The van der Waals surface area contributed by atoms with E-state index >= 15 is 0 Å². The standard InChI is InChI=1S/C23H22N2O3/c1-15-3-4-17(13-16(15)2)23(26)25-19-7-5-18(6-8-19)24-20-9-10-21-22(14-20)28-12-11-27-21/h3-10,13-14,24H,11-12H2,1-2H3,(H,25,26). The summed E-state index contributed by atoms with van der Waals surface area (Å²) in [6.45, 7) is 5.18. The van der Waals surface area contributed by atoms with E-state index < -0.39 is 0 Å². The topological polar surface area (TPSA) is 59.6 Å². The minimum Gasteiger partial charge on any atom is -0.486 e. The first-order valence-electron chi connectivity index (χ1n) is 9.24. The van der Waals surface area contributed by atoms with Crippen LogP contribution < -0.4 is 20.1 Å². The molecule has 0 atom stereocenters. The summed E-state index contributed by atoms with van der Waals surface area (Å²) in [5, 5.41) is 6.27. The van der Waals surface area contributed by atoms with E-state index in [9.17, 15) is 4.79 Å². The molecule has 3 aromatic rings. The maximum Gasteiger partial charge on any atom is 0.255 e. The maximum atomic E-state index is 12.4. The molecule has 0 bridgehead atoms. The van der Waals surface area contributed by atoms with Crippen molar-refractivity contribution >= 4 is 23.0 Å². The van der Waals surface area contributed by atoms with Gasteiger partial charge in [0.05, 0.1) is 0 Å². The average molecular weight is 374 g/mol. The number of benzene rings is 3. The monoisotopic (exact) mass is 374 g/mol. The van der Waals surface area contributed by atoms with Crippen molar-refractivity contribution in [3.63, 3.8) is 0 Å². The summed E-state index contributed by atoms with van der Waals surface area (Å²) < 4.78 is 11.1. The first-order chi connectivity index (χ1) is 13.6. The summed E-state index contributed by atoms with van der Waals surface area (Å²) in [5.74, 6) is 1.39. The van der Waals surface area contributed by atoms with E-state index in [1.165, 1.54) is 5.56 Å². The molecule has 0 saturated carbocycles. The lowest BCUT2D eigenvalue weighted by Crippen LogP contribution is -2.15. The van der Waals surface area contributed by atoms with Gasteiger partial charge in [-0.3, -0.25) is 4.79 Å². The fourth-order valence-corrected chi connectivity index (χ4v) is 3.01. The second-order valence-electron chi connectivity index (χ2n) is 6.81. The molecule has 0 aromatic heterocycles. The normalized spacial score (nSPS) is 12.4. The first kappa shape index (κ1) is 17.9. The predicted octanol–water partition coefficient (Wildman–Crippen LogP) is 5.07. The molecule has 28 heavy (non-hydrogen) atoms. The number of hydrogen-bond donors (Lipinski definition) is 2. The van der Waals surface area contributed by atoms with Gasteiger partial charge < -0.3 is 20.1 Å². The van der Waals surface area contributed by atoms with E-state index in [0.717, 1.165) is 34.1 Å². The molecule has 0 unspecified atom stereocenters. The molecule has 3 aromatic carbocycles. The fourth-order valence-electron chi connectivity index (χ4n) is 3.01. The predicted molar refractivity (Wildman–Crippen MR) is 111 cm³/mol. The molecule has 0 aliphatic carbocycles. The number of carbonyl (C=O) groups excluding carboxylic acids is 1. The van der Waals surface area contributed by atoms with Crippen LogP contribution in [0.15, 0.2) is 60.7 Å². The third-order valence-electron chi connectivity index (χ3n) is 4.74. The van der Waals surface area contributed by atoms with Crippen LogP contribution in [-0.4, -0.2) is 19.1 Å². The molecular weight excluding hydrogens is 352 g/mol. The van der Waals surface area contributed by atoms with Crippen molar-refractivity contribution in [3.8, 4) is 11.5 Å². The van der Waals surface area contributed by atoms with E-state index in [-0.39, 0.29) is 5.91 Å². The van der Waals surface area contributed by atoms with Gasteiger partial charge in [-0.15, -0.1) is 0 Å². The number of rotatable bonds is 4. The molecule has 0 saturated heterocycles. The minimum atomic E-state index is -0.115. The molecule has 0 spiro atoms. The highest BCUT2D eigenvalue weighted by molar-refractivity contribution is 6.04. The van der Waals surface area contributed by atoms with Gasteiger partial charge in [-0.05, 0) is 73.5 Å². The Balaban J connectivity index is 1.42. The summed E-state index contributed by atoms with van der Waals surface area (Å²) in [4.78, 5) is 12.4. The van der Waals surface area contributed by atoms with E-state index in [0.29, 0.717) is 18.8 Å². The van der Waals surface area contributed by atoms with Crippen LogP contribution in [0.1, 0.15) is 21.5 Å². The number of ether oxygens (including phenoxy) is 2. The Morgan fingerprint density at radius 3 is 2.18 bits per heavy atom. The summed E-state index contributed by atoms with van der Waals surface area (Å²) >= 11 is 0. The van der Waals surface area contributed by atoms with Crippen LogP contribution in [0.4, 0.5) is 17.1 Å². The quantitative estimate of drug-likeness (QED) is 0.669. The number of anilines is 3. The molecule has 5 heteroatoms. The molecule has 1 amide bonds. The minimum absolute atomic E-state index is 0.115. The molecule has 2 N–H and O–H groups in total. The lowest BCUT2D eigenvalue weighted by atomic mass is 10.1. The van der Waals surface area contributed by atoms with Gasteiger partial charge in [0.15, 0.2) is 11.5 Å². The molecule has 0 radical (unpaired) electrons. The smallest absolute Gasteiger partial charge is 0.255 e. The second kappa shape index (κ2) is 7.64. The van der Waals surface area contributed by atoms with Gasteiger partial charge in [0.2, 0.25) is 0 Å². The Hall–Kier alpha value is -3.47. The molecule has 1 aliphatic rings. The van der Waals surface area contributed by atoms with Crippen molar-refractivity contribution in [1.29, 1.82) is 0 Å². The molecule has 5 nitrogen and oxygen atoms in total. The van der Waals surface area contributed by atoms with Gasteiger partial charge in [-0.25, -0.2) is 0 Å². The molecule has 1 heterocycles.